The standard InChI is InChI=1S/C4H3ClO3S2/c5-3-1-9-2-4(3)10(6,7)8/h1-2H,(H,6,7,8). The maximum atomic E-state index is 10.4. The third-order valence-electron chi connectivity index (χ3n) is 0.860. The van der Waals surface area contributed by atoms with Gasteiger partial charge < -0.3 is 0 Å². The first-order chi connectivity index (χ1) is 4.52. The predicted octanol–water partition coefficient (Wildman–Crippen LogP) is 1.65. The Balaban J connectivity index is 3.32. The van der Waals surface area contributed by atoms with E-state index in [1.54, 1.807) is 0 Å². The first-order valence-electron chi connectivity index (χ1n) is 2.21. The predicted molar refractivity (Wildman–Crippen MR) is 39.1 cm³/mol. The van der Waals surface area contributed by atoms with E-state index in [-0.39, 0.29) is 9.92 Å². The van der Waals surface area contributed by atoms with Crippen LogP contribution in [0.1, 0.15) is 0 Å². The number of rotatable bonds is 1. The molecule has 10 heavy (non-hydrogen) atoms. The molecule has 1 rings (SSSR count). The first-order valence-corrected chi connectivity index (χ1v) is 4.97. The van der Waals surface area contributed by atoms with Crippen molar-refractivity contribution in [2.45, 2.75) is 4.90 Å². The monoisotopic (exact) mass is 198 g/mol. The minimum atomic E-state index is -4.11. The highest BCUT2D eigenvalue weighted by atomic mass is 35.5. The van der Waals surface area contributed by atoms with Gasteiger partial charge >= 0.3 is 0 Å². The third kappa shape index (κ3) is 1.49. The van der Waals surface area contributed by atoms with Gasteiger partial charge in [-0.05, 0) is 0 Å². The summed E-state index contributed by atoms with van der Waals surface area (Å²) in [5, 5.41) is 2.77. The molecule has 0 radical (unpaired) electrons. The van der Waals surface area contributed by atoms with Crippen LogP contribution in [0.5, 0.6) is 0 Å². The number of hydrogen-bond acceptors (Lipinski definition) is 3. The fourth-order valence-corrected chi connectivity index (χ4v) is 2.62. The summed E-state index contributed by atoms with van der Waals surface area (Å²) in [6, 6.07) is 0. The second-order valence-electron chi connectivity index (χ2n) is 1.56. The van der Waals surface area contributed by atoms with E-state index < -0.39 is 10.1 Å². The van der Waals surface area contributed by atoms with Crippen LogP contribution < -0.4 is 0 Å². The Morgan fingerprint density at radius 2 is 2.10 bits per heavy atom. The average molecular weight is 199 g/mol. The largest absolute Gasteiger partial charge is 0.296 e. The molecule has 0 aliphatic rings. The zero-order valence-corrected chi connectivity index (χ0v) is 7.00. The van der Waals surface area contributed by atoms with Crippen molar-refractivity contribution in [3.8, 4) is 0 Å². The average Bonchev–Trinajstić information content (AvgIpc) is 2.11. The van der Waals surface area contributed by atoms with Crippen LogP contribution in [0.15, 0.2) is 15.7 Å². The number of hydrogen-bond donors (Lipinski definition) is 1. The zero-order valence-electron chi connectivity index (χ0n) is 4.61. The molecule has 0 amide bonds. The normalized spacial score (nSPS) is 11.8. The van der Waals surface area contributed by atoms with Crippen LogP contribution in [0.25, 0.3) is 0 Å². The summed E-state index contributed by atoms with van der Waals surface area (Å²) in [5.74, 6) is 0. The van der Waals surface area contributed by atoms with Crippen molar-refractivity contribution < 1.29 is 13.0 Å². The van der Waals surface area contributed by atoms with E-state index in [1.807, 2.05) is 0 Å². The van der Waals surface area contributed by atoms with Crippen molar-refractivity contribution in [1.82, 2.24) is 0 Å². The fraction of sp³-hybridized carbons (Fsp3) is 0. The molecule has 0 saturated heterocycles. The van der Waals surface area contributed by atoms with Gasteiger partial charge in [0, 0.05) is 10.8 Å². The van der Waals surface area contributed by atoms with Gasteiger partial charge in [-0.15, -0.1) is 11.3 Å². The maximum absolute atomic E-state index is 10.4. The molecule has 0 saturated carbocycles. The fourth-order valence-electron chi connectivity index (χ4n) is 0.454. The van der Waals surface area contributed by atoms with Gasteiger partial charge in [0.25, 0.3) is 10.1 Å². The lowest BCUT2D eigenvalue weighted by Crippen LogP contribution is -1.95. The lowest BCUT2D eigenvalue weighted by Gasteiger charge is -1.89. The molecule has 1 N–H and O–H groups in total. The van der Waals surface area contributed by atoms with Crippen LogP contribution in [0, 0.1) is 0 Å². The quantitative estimate of drug-likeness (QED) is 0.699. The van der Waals surface area contributed by atoms with Gasteiger partial charge in [-0.2, -0.15) is 8.42 Å². The Morgan fingerprint density at radius 1 is 1.50 bits per heavy atom. The van der Waals surface area contributed by atoms with E-state index >= 15 is 0 Å². The van der Waals surface area contributed by atoms with E-state index in [1.165, 1.54) is 10.8 Å². The van der Waals surface area contributed by atoms with Gasteiger partial charge in [-0.25, -0.2) is 0 Å². The first kappa shape index (κ1) is 8.00. The number of thiophene rings is 1. The molecule has 0 fully saturated rings. The summed E-state index contributed by atoms with van der Waals surface area (Å²) in [5.41, 5.74) is 0. The molecule has 0 aliphatic carbocycles. The maximum Gasteiger partial charge on any atom is 0.296 e. The van der Waals surface area contributed by atoms with Crippen molar-refractivity contribution in [2.75, 3.05) is 0 Å². The minimum Gasteiger partial charge on any atom is -0.282 e. The van der Waals surface area contributed by atoms with Crippen LogP contribution in [-0.4, -0.2) is 13.0 Å². The zero-order chi connectivity index (χ0) is 7.78. The molecular formula is C4H3ClO3S2. The van der Waals surface area contributed by atoms with Crippen LogP contribution in [-0.2, 0) is 10.1 Å². The molecule has 0 aromatic carbocycles. The summed E-state index contributed by atoms with van der Waals surface area (Å²) in [6.07, 6.45) is 0. The third-order valence-corrected chi connectivity index (χ3v) is 3.20. The topological polar surface area (TPSA) is 54.4 Å². The molecule has 0 unspecified atom stereocenters. The highest BCUT2D eigenvalue weighted by Gasteiger charge is 2.14. The second kappa shape index (κ2) is 2.50. The van der Waals surface area contributed by atoms with Crippen molar-refractivity contribution in [3.63, 3.8) is 0 Å². The Hall–Kier alpha value is -0.100. The van der Waals surface area contributed by atoms with Crippen molar-refractivity contribution in [2.24, 2.45) is 0 Å². The van der Waals surface area contributed by atoms with E-state index in [4.69, 9.17) is 16.2 Å². The molecule has 1 heterocycles. The molecule has 6 heteroatoms. The van der Waals surface area contributed by atoms with Gasteiger partial charge in [0.2, 0.25) is 0 Å². The smallest absolute Gasteiger partial charge is 0.282 e. The van der Waals surface area contributed by atoms with E-state index in [0.717, 1.165) is 11.3 Å². The summed E-state index contributed by atoms with van der Waals surface area (Å²) < 4.78 is 29.2. The number of halogens is 1. The molecule has 0 bridgehead atoms. The van der Waals surface area contributed by atoms with Crippen LogP contribution in [0.2, 0.25) is 5.02 Å². The van der Waals surface area contributed by atoms with Crippen molar-refractivity contribution >= 4 is 33.1 Å². The van der Waals surface area contributed by atoms with Gasteiger partial charge in [0.05, 0.1) is 5.02 Å². The van der Waals surface area contributed by atoms with Gasteiger partial charge in [-0.3, -0.25) is 4.55 Å². The Labute approximate surface area is 67.0 Å². The molecule has 0 spiro atoms. The SMILES string of the molecule is O=S(=O)(O)c1cscc1Cl. The van der Waals surface area contributed by atoms with Gasteiger partial charge in [0.1, 0.15) is 4.90 Å². The lowest BCUT2D eigenvalue weighted by molar-refractivity contribution is 0.483. The molecule has 3 nitrogen and oxygen atoms in total. The van der Waals surface area contributed by atoms with Crippen LogP contribution in [0.4, 0.5) is 0 Å². The summed E-state index contributed by atoms with van der Waals surface area (Å²) in [6.45, 7) is 0. The Kier molecular flexibility index (Phi) is 2.00. The molecule has 1 aromatic heterocycles. The highest BCUT2D eigenvalue weighted by Crippen LogP contribution is 2.24. The lowest BCUT2D eigenvalue weighted by atomic mass is 10.7. The molecule has 0 aliphatic heterocycles. The van der Waals surface area contributed by atoms with E-state index in [0.29, 0.717) is 0 Å². The van der Waals surface area contributed by atoms with Crippen LogP contribution in [0.3, 0.4) is 0 Å². The molecule has 1 aromatic rings. The van der Waals surface area contributed by atoms with Gasteiger partial charge in [0.15, 0.2) is 0 Å². The summed E-state index contributed by atoms with van der Waals surface area (Å²) in [4.78, 5) is -0.223. The summed E-state index contributed by atoms with van der Waals surface area (Å²) in [7, 11) is -4.11. The van der Waals surface area contributed by atoms with E-state index in [2.05, 4.69) is 0 Å². The molecular weight excluding hydrogens is 196 g/mol. The van der Waals surface area contributed by atoms with Crippen molar-refractivity contribution in [3.05, 3.63) is 15.8 Å². The summed E-state index contributed by atoms with van der Waals surface area (Å²) >= 11 is 6.52. The molecule has 56 valence electrons. The Morgan fingerprint density at radius 3 is 2.30 bits per heavy atom. The van der Waals surface area contributed by atoms with Crippen LogP contribution >= 0.6 is 22.9 Å². The minimum absolute atomic E-state index is 0.0625. The highest BCUT2D eigenvalue weighted by molar-refractivity contribution is 7.86. The van der Waals surface area contributed by atoms with Gasteiger partial charge in [-0.1, -0.05) is 11.6 Å². The second-order valence-corrected chi connectivity index (χ2v) is 4.10. The Bertz CT molecular complexity index is 326. The molecule has 0 atom stereocenters. The van der Waals surface area contributed by atoms with Crippen molar-refractivity contribution in [1.29, 1.82) is 0 Å². The van der Waals surface area contributed by atoms with E-state index in [9.17, 15) is 8.42 Å².